The van der Waals surface area contributed by atoms with Crippen LogP contribution >= 0.6 is 15.9 Å². The average Bonchev–Trinajstić information content (AvgIpc) is 2.27. The molecule has 96 valence electrons. The van der Waals surface area contributed by atoms with Crippen LogP contribution in [0.4, 0.5) is 8.78 Å². The quantitative estimate of drug-likeness (QED) is 0.590. The molecule has 1 aromatic rings. The summed E-state index contributed by atoms with van der Waals surface area (Å²) in [5.74, 6) is -1.22. The van der Waals surface area contributed by atoms with Crippen LogP contribution in [-0.2, 0) is 16.1 Å². The van der Waals surface area contributed by atoms with Crippen molar-refractivity contribution in [2.24, 2.45) is 0 Å². The van der Waals surface area contributed by atoms with Gasteiger partial charge in [-0.05, 0) is 41.9 Å². The van der Waals surface area contributed by atoms with Gasteiger partial charge in [0, 0.05) is 0 Å². The minimum absolute atomic E-state index is 0.0658. The topological polar surface area (TPSA) is 18.5 Å². The Labute approximate surface area is 108 Å². The maximum absolute atomic E-state index is 13.5. The van der Waals surface area contributed by atoms with E-state index in [1.54, 1.807) is 0 Å². The third-order valence-corrected chi connectivity index (χ3v) is 2.68. The predicted molar refractivity (Wildman–Crippen MR) is 64.8 cm³/mol. The third-order valence-electron chi connectivity index (χ3n) is 2.06. The molecule has 1 rings (SSSR count). The lowest BCUT2D eigenvalue weighted by atomic mass is 10.2. The van der Waals surface area contributed by atoms with E-state index < -0.39 is 11.6 Å². The zero-order chi connectivity index (χ0) is 12.8. The lowest BCUT2D eigenvalue weighted by Gasteiger charge is -2.09. The first-order valence-electron chi connectivity index (χ1n) is 5.34. The zero-order valence-corrected chi connectivity index (χ0v) is 11.4. The molecule has 0 spiro atoms. The first-order chi connectivity index (χ1) is 8.02. The van der Waals surface area contributed by atoms with Gasteiger partial charge in [0.2, 0.25) is 0 Å². The molecule has 0 aliphatic carbocycles. The zero-order valence-electron chi connectivity index (χ0n) is 9.80. The molecule has 2 nitrogen and oxygen atoms in total. The molecular formula is C12H15BrF2O2. The number of rotatable bonds is 6. The largest absolute Gasteiger partial charge is 0.376 e. The first-order valence-corrected chi connectivity index (χ1v) is 6.13. The summed E-state index contributed by atoms with van der Waals surface area (Å²) in [5.41, 5.74) is -0.0658. The van der Waals surface area contributed by atoms with Gasteiger partial charge < -0.3 is 9.47 Å². The smallest absolute Gasteiger partial charge is 0.145 e. The molecule has 0 fully saturated rings. The minimum Gasteiger partial charge on any atom is -0.376 e. The summed E-state index contributed by atoms with van der Waals surface area (Å²) in [5, 5.41) is 0. The Morgan fingerprint density at radius 3 is 2.59 bits per heavy atom. The first kappa shape index (κ1) is 14.5. The van der Waals surface area contributed by atoms with Crippen LogP contribution < -0.4 is 0 Å². The summed E-state index contributed by atoms with van der Waals surface area (Å²) >= 11 is 3.00. The summed E-state index contributed by atoms with van der Waals surface area (Å²) in [6.07, 6.45) is 0.123. The summed E-state index contributed by atoms with van der Waals surface area (Å²) < 4.78 is 37.4. The SMILES string of the molecule is CC(C)OCCOCc1c(F)ccc(Br)c1F. The number of benzene rings is 1. The molecule has 0 aliphatic rings. The van der Waals surface area contributed by atoms with Gasteiger partial charge in [-0.1, -0.05) is 0 Å². The van der Waals surface area contributed by atoms with E-state index in [4.69, 9.17) is 9.47 Å². The van der Waals surface area contributed by atoms with Gasteiger partial charge in [0.25, 0.3) is 0 Å². The van der Waals surface area contributed by atoms with Crippen LogP contribution in [0.1, 0.15) is 19.4 Å². The van der Waals surface area contributed by atoms with Crippen molar-refractivity contribution in [1.82, 2.24) is 0 Å². The van der Waals surface area contributed by atoms with Gasteiger partial charge in [0.1, 0.15) is 11.6 Å². The molecule has 0 atom stereocenters. The summed E-state index contributed by atoms with van der Waals surface area (Å²) in [7, 11) is 0. The van der Waals surface area contributed by atoms with E-state index in [1.165, 1.54) is 12.1 Å². The fraction of sp³-hybridized carbons (Fsp3) is 0.500. The van der Waals surface area contributed by atoms with E-state index in [2.05, 4.69) is 15.9 Å². The van der Waals surface area contributed by atoms with Crippen LogP contribution in [0.5, 0.6) is 0 Å². The average molecular weight is 309 g/mol. The van der Waals surface area contributed by atoms with Gasteiger partial charge >= 0.3 is 0 Å². The summed E-state index contributed by atoms with van der Waals surface area (Å²) in [6, 6.07) is 2.53. The van der Waals surface area contributed by atoms with Crippen molar-refractivity contribution in [3.8, 4) is 0 Å². The van der Waals surface area contributed by atoms with Crippen LogP contribution in [0.3, 0.4) is 0 Å². The maximum atomic E-state index is 13.5. The van der Waals surface area contributed by atoms with Crippen molar-refractivity contribution in [3.63, 3.8) is 0 Å². The molecule has 0 saturated carbocycles. The van der Waals surface area contributed by atoms with Gasteiger partial charge in [-0.3, -0.25) is 0 Å². The second kappa shape index (κ2) is 7.03. The Morgan fingerprint density at radius 1 is 1.24 bits per heavy atom. The van der Waals surface area contributed by atoms with E-state index in [1.807, 2.05) is 13.8 Å². The predicted octanol–water partition coefficient (Wildman–Crippen LogP) is 3.67. The molecule has 0 heterocycles. The van der Waals surface area contributed by atoms with E-state index in [-0.39, 0.29) is 22.7 Å². The highest BCUT2D eigenvalue weighted by atomic mass is 79.9. The van der Waals surface area contributed by atoms with Gasteiger partial charge in [-0.25, -0.2) is 8.78 Å². The van der Waals surface area contributed by atoms with Crippen LogP contribution in [0.15, 0.2) is 16.6 Å². The molecular weight excluding hydrogens is 294 g/mol. The van der Waals surface area contributed by atoms with E-state index in [9.17, 15) is 8.78 Å². The Bertz CT molecular complexity index is 370. The molecule has 0 bridgehead atoms. The Kier molecular flexibility index (Phi) is 6.02. The van der Waals surface area contributed by atoms with Crippen molar-refractivity contribution in [3.05, 3.63) is 33.8 Å². The van der Waals surface area contributed by atoms with Crippen molar-refractivity contribution in [2.45, 2.75) is 26.6 Å². The molecule has 0 unspecified atom stereocenters. The number of halogens is 3. The second-order valence-electron chi connectivity index (χ2n) is 3.79. The van der Waals surface area contributed by atoms with Crippen molar-refractivity contribution in [1.29, 1.82) is 0 Å². The molecule has 0 radical (unpaired) electrons. The van der Waals surface area contributed by atoms with E-state index in [0.717, 1.165) is 0 Å². The van der Waals surface area contributed by atoms with E-state index in [0.29, 0.717) is 13.2 Å². The van der Waals surface area contributed by atoms with Crippen LogP contribution in [0.2, 0.25) is 0 Å². The van der Waals surface area contributed by atoms with E-state index >= 15 is 0 Å². The molecule has 0 amide bonds. The van der Waals surface area contributed by atoms with Crippen molar-refractivity contribution < 1.29 is 18.3 Å². The van der Waals surface area contributed by atoms with Gasteiger partial charge in [0.15, 0.2) is 0 Å². The Balaban J connectivity index is 2.44. The molecule has 0 N–H and O–H groups in total. The van der Waals surface area contributed by atoms with Crippen LogP contribution in [-0.4, -0.2) is 19.3 Å². The molecule has 17 heavy (non-hydrogen) atoms. The normalized spacial score (nSPS) is 11.2. The second-order valence-corrected chi connectivity index (χ2v) is 4.65. The molecule has 0 saturated heterocycles. The Hall–Kier alpha value is -0.520. The highest BCUT2D eigenvalue weighted by Gasteiger charge is 2.12. The summed E-state index contributed by atoms with van der Waals surface area (Å²) in [4.78, 5) is 0. The van der Waals surface area contributed by atoms with Gasteiger partial charge in [-0.2, -0.15) is 0 Å². The minimum atomic E-state index is -0.616. The lowest BCUT2D eigenvalue weighted by molar-refractivity contribution is 0.0130. The Morgan fingerprint density at radius 2 is 1.94 bits per heavy atom. The summed E-state index contributed by atoms with van der Waals surface area (Å²) in [6.45, 7) is 4.44. The standard InChI is InChI=1S/C12H15BrF2O2/c1-8(2)17-6-5-16-7-9-11(14)4-3-10(13)12(9)15/h3-4,8H,5-7H2,1-2H3. The molecule has 0 aromatic heterocycles. The van der Waals surface area contributed by atoms with Crippen molar-refractivity contribution in [2.75, 3.05) is 13.2 Å². The fourth-order valence-electron chi connectivity index (χ4n) is 1.22. The van der Waals surface area contributed by atoms with Crippen LogP contribution in [0, 0.1) is 11.6 Å². The number of ether oxygens (including phenoxy) is 2. The van der Waals surface area contributed by atoms with Gasteiger partial charge in [-0.15, -0.1) is 0 Å². The highest BCUT2D eigenvalue weighted by molar-refractivity contribution is 9.10. The highest BCUT2D eigenvalue weighted by Crippen LogP contribution is 2.22. The molecule has 5 heteroatoms. The van der Waals surface area contributed by atoms with Gasteiger partial charge in [0.05, 0.1) is 36.0 Å². The molecule has 0 aliphatic heterocycles. The maximum Gasteiger partial charge on any atom is 0.145 e. The monoisotopic (exact) mass is 308 g/mol. The van der Waals surface area contributed by atoms with Crippen LogP contribution in [0.25, 0.3) is 0 Å². The number of hydrogen-bond donors (Lipinski definition) is 0. The molecule has 1 aromatic carbocycles. The van der Waals surface area contributed by atoms with Crippen molar-refractivity contribution >= 4 is 15.9 Å². The number of hydrogen-bond acceptors (Lipinski definition) is 2. The fourth-order valence-corrected chi connectivity index (χ4v) is 1.59. The lowest BCUT2D eigenvalue weighted by Crippen LogP contribution is -2.10. The third kappa shape index (κ3) is 4.69.